The van der Waals surface area contributed by atoms with Gasteiger partial charge in [-0.2, -0.15) is 0 Å². The molecular formula is C12H19N3O5. The van der Waals surface area contributed by atoms with E-state index in [1.54, 1.807) is 13.8 Å². The van der Waals surface area contributed by atoms with Gasteiger partial charge in [0.25, 0.3) is 0 Å². The first-order chi connectivity index (χ1) is 9.31. The Labute approximate surface area is 116 Å². The van der Waals surface area contributed by atoms with Gasteiger partial charge in [0.15, 0.2) is 17.9 Å². The molecule has 112 valence electrons. The summed E-state index contributed by atoms with van der Waals surface area (Å²) in [7, 11) is 0. The quantitative estimate of drug-likeness (QED) is 0.437. The maximum Gasteiger partial charge on any atom is 0.188 e. The Morgan fingerprint density at radius 2 is 1.80 bits per heavy atom. The molecule has 3 heterocycles. The molecule has 0 spiro atoms. The minimum atomic E-state index is -0.740. The number of hydrogen-bond donors (Lipinski definition) is 0. The topological polar surface area (TPSA) is 94.9 Å². The first kappa shape index (κ1) is 14.1. The second-order valence-corrected chi connectivity index (χ2v) is 6.13. The summed E-state index contributed by atoms with van der Waals surface area (Å²) < 4.78 is 28.6. The van der Waals surface area contributed by atoms with Crippen molar-refractivity contribution >= 4 is 0 Å². The summed E-state index contributed by atoms with van der Waals surface area (Å²) in [6, 6.07) is -0.491. The third kappa shape index (κ3) is 2.39. The first-order valence-electron chi connectivity index (χ1n) is 6.68. The van der Waals surface area contributed by atoms with Crippen LogP contribution < -0.4 is 0 Å². The summed E-state index contributed by atoms with van der Waals surface area (Å²) in [6.07, 6.45) is -1.70. The van der Waals surface area contributed by atoms with Crippen molar-refractivity contribution in [1.29, 1.82) is 0 Å². The van der Waals surface area contributed by atoms with Gasteiger partial charge in [-0.15, -0.1) is 0 Å². The molecule has 0 aromatic rings. The molecule has 0 bridgehead atoms. The van der Waals surface area contributed by atoms with Crippen molar-refractivity contribution in [3.05, 3.63) is 10.4 Å². The molecule has 0 aromatic heterocycles. The lowest BCUT2D eigenvalue weighted by atomic mass is 10.0. The highest BCUT2D eigenvalue weighted by molar-refractivity contribution is 5.01. The van der Waals surface area contributed by atoms with Crippen LogP contribution in [-0.4, -0.2) is 48.8 Å². The summed E-state index contributed by atoms with van der Waals surface area (Å²) in [5, 5.41) is 3.82. The standard InChI is InChI=1S/C12H19N3O5/c1-11(2)16-5-6(18-11)8-7(14-15-13)9-10(17-8)20-12(3,4)19-9/h6-10H,5H2,1-4H3/t6?,7?,8-,9+,10-/m1/s1. The second-order valence-electron chi connectivity index (χ2n) is 6.13. The fourth-order valence-corrected chi connectivity index (χ4v) is 2.89. The molecule has 3 saturated heterocycles. The molecule has 8 nitrogen and oxygen atoms in total. The zero-order chi connectivity index (χ0) is 14.5. The van der Waals surface area contributed by atoms with E-state index < -0.39 is 36.1 Å². The average molecular weight is 285 g/mol. The van der Waals surface area contributed by atoms with Crippen molar-refractivity contribution in [2.75, 3.05) is 6.61 Å². The summed E-state index contributed by atoms with van der Waals surface area (Å²) in [6.45, 7) is 7.66. The van der Waals surface area contributed by atoms with E-state index in [4.69, 9.17) is 29.2 Å². The summed E-state index contributed by atoms with van der Waals surface area (Å²) in [4.78, 5) is 2.90. The lowest BCUT2D eigenvalue weighted by molar-refractivity contribution is -0.222. The Balaban J connectivity index is 1.78. The van der Waals surface area contributed by atoms with Crippen LogP contribution in [0.4, 0.5) is 0 Å². The van der Waals surface area contributed by atoms with Gasteiger partial charge in [0, 0.05) is 4.91 Å². The number of azide groups is 1. The Hall–Kier alpha value is -0.890. The van der Waals surface area contributed by atoms with Crippen LogP contribution >= 0.6 is 0 Å². The SMILES string of the molecule is CC1(C)OCC([C@H]2O[C@@H]3OC(C)(C)O[C@H]3C2N=[N+]=[N-])O1. The van der Waals surface area contributed by atoms with Crippen LogP contribution in [0.25, 0.3) is 10.4 Å². The fraction of sp³-hybridized carbons (Fsp3) is 1.00. The monoisotopic (exact) mass is 285 g/mol. The van der Waals surface area contributed by atoms with E-state index in [9.17, 15) is 0 Å². The van der Waals surface area contributed by atoms with Gasteiger partial charge in [-0.1, -0.05) is 5.11 Å². The van der Waals surface area contributed by atoms with Crippen molar-refractivity contribution in [3.63, 3.8) is 0 Å². The molecule has 8 heteroatoms. The number of hydrogen-bond acceptors (Lipinski definition) is 6. The Kier molecular flexibility index (Phi) is 3.20. The molecule has 0 aliphatic carbocycles. The van der Waals surface area contributed by atoms with E-state index in [-0.39, 0.29) is 6.10 Å². The smallest absolute Gasteiger partial charge is 0.188 e. The predicted molar refractivity (Wildman–Crippen MR) is 66.5 cm³/mol. The summed E-state index contributed by atoms with van der Waals surface area (Å²) in [5.41, 5.74) is 8.77. The highest BCUT2D eigenvalue weighted by Gasteiger charge is 2.57. The van der Waals surface area contributed by atoms with Crippen LogP contribution in [0.5, 0.6) is 0 Å². The molecule has 20 heavy (non-hydrogen) atoms. The third-order valence-corrected chi connectivity index (χ3v) is 3.63. The molecule has 3 fully saturated rings. The van der Waals surface area contributed by atoms with Gasteiger partial charge in [-0.3, -0.25) is 0 Å². The van der Waals surface area contributed by atoms with Crippen LogP contribution in [0.15, 0.2) is 5.11 Å². The van der Waals surface area contributed by atoms with Gasteiger partial charge < -0.3 is 23.7 Å². The summed E-state index contributed by atoms with van der Waals surface area (Å²) in [5.74, 6) is -1.40. The van der Waals surface area contributed by atoms with Crippen LogP contribution in [0.1, 0.15) is 27.7 Å². The van der Waals surface area contributed by atoms with Gasteiger partial charge in [0.2, 0.25) is 0 Å². The largest absolute Gasteiger partial charge is 0.348 e. The molecule has 3 aliphatic heterocycles. The molecule has 0 radical (unpaired) electrons. The van der Waals surface area contributed by atoms with Gasteiger partial charge in [-0.25, -0.2) is 0 Å². The normalized spacial score (nSPS) is 45.1. The Morgan fingerprint density at radius 3 is 2.40 bits per heavy atom. The van der Waals surface area contributed by atoms with Crippen molar-refractivity contribution in [2.45, 2.75) is 69.9 Å². The first-order valence-corrected chi connectivity index (χ1v) is 6.68. The molecule has 0 saturated carbocycles. The molecule has 3 aliphatic rings. The fourth-order valence-electron chi connectivity index (χ4n) is 2.89. The number of fused-ring (bicyclic) bond motifs is 1. The van der Waals surface area contributed by atoms with Gasteiger partial charge in [-0.05, 0) is 33.2 Å². The van der Waals surface area contributed by atoms with Crippen LogP contribution in [0, 0.1) is 0 Å². The zero-order valence-corrected chi connectivity index (χ0v) is 12.0. The van der Waals surface area contributed by atoms with Crippen molar-refractivity contribution in [2.24, 2.45) is 5.11 Å². The van der Waals surface area contributed by atoms with Crippen LogP contribution in [0.3, 0.4) is 0 Å². The minimum absolute atomic E-state index is 0.304. The molecular weight excluding hydrogens is 266 g/mol. The number of nitrogens with zero attached hydrogens (tertiary/aromatic N) is 3. The predicted octanol–water partition coefficient (Wildman–Crippen LogP) is 1.69. The van der Waals surface area contributed by atoms with Crippen LogP contribution in [0.2, 0.25) is 0 Å². The van der Waals surface area contributed by atoms with Gasteiger partial charge in [0.05, 0.1) is 12.6 Å². The molecule has 0 N–H and O–H groups in total. The molecule has 0 amide bonds. The van der Waals surface area contributed by atoms with Crippen LogP contribution in [-0.2, 0) is 23.7 Å². The van der Waals surface area contributed by atoms with Crippen molar-refractivity contribution < 1.29 is 23.7 Å². The Morgan fingerprint density at radius 1 is 1.05 bits per heavy atom. The highest BCUT2D eigenvalue weighted by Crippen LogP contribution is 2.41. The van der Waals surface area contributed by atoms with E-state index in [1.165, 1.54) is 0 Å². The van der Waals surface area contributed by atoms with Gasteiger partial charge in [0.1, 0.15) is 18.3 Å². The van der Waals surface area contributed by atoms with Gasteiger partial charge >= 0.3 is 0 Å². The molecule has 0 aromatic carbocycles. The summed E-state index contributed by atoms with van der Waals surface area (Å²) >= 11 is 0. The lowest BCUT2D eigenvalue weighted by Crippen LogP contribution is -2.41. The maximum absolute atomic E-state index is 8.77. The van der Waals surface area contributed by atoms with E-state index in [2.05, 4.69) is 10.0 Å². The molecule has 5 atom stereocenters. The van der Waals surface area contributed by atoms with Crippen molar-refractivity contribution in [3.8, 4) is 0 Å². The second kappa shape index (κ2) is 4.56. The number of rotatable bonds is 2. The molecule has 3 rings (SSSR count). The van der Waals surface area contributed by atoms with Crippen molar-refractivity contribution in [1.82, 2.24) is 0 Å². The van der Waals surface area contributed by atoms with E-state index in [0.29, 0.717) is 6.61 Å². The average Bonchev–Trinajstić information content (AvgIpc) is 2.91. The maximum atomic E-state index is 8.77. The minimum Gasteiger partial charge on any atom is -0.348 e. The van der Waals surface area contributed by atoms with E-state index >= 15 is 0 Å². The van der Waals surface area contributed by atoms with E-state index in [0.717, 1.165) is 0 Å². The third-order valence-electron chi connectivity index (χ3n) is 3.63. The van der Waals surface area contributed by atoms with E-state index in [1.807, 2.05) is 13.8 Å². The Bertz CT molecular complexity index is 448. The lowest BCUT2D eigenvalue weighted by Gasteiger charge is -2.26. The highest BCUT2D eigenvalue weighted by atomic mass is 16.8. The molecule has 2 unspecified atom stereocenters. The number of ether oxygens (including phenoxy) is 5. The zero-order valence-electron chi connectivity index (χ0n) is 12.0.